The van der Waals surface area contributed by atoms with Crippen LogP contribution in [0.3, 0.4) is 0 Å². The molecular formula is C38H44N3O17S4-3. The first-order chi connectivity index (χ1) is 28.7. The van der Waals surface area contributed by atoms with E-state index in [1.807, 2.05) is 0 Å². The van der Waals surface area contributed by atoms with Gasteiger partial charge in [0.1, 0.15) is 26.8 Å². The van der Waals surface area contributed by atoms with Crippen LogP contribution >= 0.6 is 0 Å². The van der Waals surface area contributed by atoms with Gasteiger partial charge in [0.15, 0.2) is 5.71 Å². The van der Waals surface area contributed by atoms with Gasteiger partial charge in [0.25, 0.3) is 11.8 Å². The summed E-state index contributed by atoms with van der Waals surface area (Å²) in [6.45, 7) is 3.64. The fourth-order valence-corrected chi connectivity index (χ4v) is 10.2. The van der Waals surface area contributed by atoms with Crippen molar-refractivity contribution < 1.29 is 80.4 Å². The predicted octanol–water partition coefficient (Wildman–Crippen LogP) is 1.75. The molecular weight excluding hydrogens is 899 g/mol. The van der Waals surface area contributed by atoms with Gasteiger partial charge >= 0.3 is 5.97 Å². The van der Waals surface area contributed by atoms with E-state index in [2.05, 4.69) is 0 Å². The third-order valence-electron chi connectivity index (χ3n) is 11.1. The van der Waals surface area contributed by atoms with Gasteiger partial charge in [-0.2, -0.15) is 4.58 Å². The number of methoxy groups -OCH3 is 1. The Morgan fingerprint density at radius 3 is 1.89 bits per heavy atom. The van der Waals surface area contributed by atoms with E-state index in [1.165, 1.54) is 25.3 Å². The Hall–Kier alpha value is -4.40. The fraction of sp³-hybridized carbons (Fsp3) is 0.474. The molecule has 0 spiro atoms. The number of hydrogen-bond acceptors (Lipinski definition) is 18. The topological polar surface area (TPSA) is 308 Å². The van der Waals surface area contributed by atoms with Gasteiger partial charge in [-0.25, -0.2) is 38.5 Å². The molecule has 2 atom stereocenters. The third-order valence-corrected chi connectivity index (χ3v) is 14.4. The maximum Gasteiger partial charge on any atom is 0.333 e. The van der Waals surface area contributed by atoms with Crippen molar-refractivity contribution in [3.8, 4) is 0 Å². The molecule has 0 bridgehead atoms. The molecule has 1 saturated heterocycles. The van der Waals surface area contributed by atoms with Crippen molar-refractivity contribution in [3.63, 3.8) is 0 Å². The first-order valence-electron chi connectivity index (χ1n) is 19.1. The van der Waals surface area contributed by atoms with E-state index >= 15 is 0 Å². The highest BCUT2D eigenvalue weighted by molar-refractivity contribution is 7.86. The Labute approximate surface area is 359 Å². The maximum absolute atomic E-state index is 12.8. The Kier molecular flexibility index (Phi) is 14.4. The SMILES string of the molecule is COCCN1/C(=C/C=C/C2=[N+](CCCC(=O)ON3C(=O)CCC3=O)c3ccc(S(=O)(=O)[O-])cc3C2(C)CCCS(=O)(=O)[O-])C(C)(CCCS(=O)(=O)[O-])c2cc(S(=O)(=O)[O-])ccc21. The highest BCUT2D eigenvalue weighted by Gasteiger charge is 2.48. The van der Waals surface area contributed by atoms with Gasteiger partial charge < -0.3 is 32.7 Å². The first kappa shape index (κ1) is 48.6. The van der Waals surface area contributed by atoms with Crippen LogP contribution in [0, 0.1) is 0 Å². The molecule has 0 N–H and O–H groups in total. The molecule has 20 nitrogen and oxygen atoms in total. The lowest BCUT2D eigenvalue weighted by Gasteiger charge is -2.30. The number of hydroxylamine groups is 2. The number of carbonyl (C=O) groups excluding carboxylic acids is 3. The van der Waals surface area contributed by atoms with Gasteiger partial charge in [-0.1, -0.05) is 6.08 Å². The fourth-order valence-electron chi connectivity index (χ4n) is 8.19. The zero-order chi connectivity index (χ0) is 46.1. The molecule has 5 rings (SSSR count). The minimum atomic E-state index is -5.01. The minimum Gasteiger partial charge on any atom is -0.748 e. The Morgan fingerprint density at radius 1 is 0.790 bits per heavy atom. The van der Waals surface area contributed by atoms with Crippen molar-refractivity contribution in [1.82, 2.24) is 5.06 Å². The number of fused-ring (bicyclic) bond motifs is 2. The monoisotopic (exact) mass is 942 g/mol. The van der Waals surface area contributed by atoms with Crippen molar-refractivity contribution >= 4 is 75.3 Å². The summed E-state index contributed by atoms with van der Waals surface area (Å²) in [5, 5.41) is 0.401. The molecule has 62 heavy (non-hydrogen) atoms. The second-order valence-electron chi connectivity index (χ2n) is 15.4. The van der Waals surface area contributed by atoms with Gasteiger partial charge in [-0.05, 0) is 81.5 Å². The van der Waals surface area contributed by atoms with Crippen LogP contribution in [0.15, 0.2) is 70.1 Å². The zero-order valence-corrected chi connectivity index (χ0v) is 37.1. The molecule has 2 aromatic rings. The molecule has 0 aliphatic carbocycles. The second kappa shape index (κ2) is 18.4. The number of nitrogens with zero attached hydrogens (tertiary/aromatic N) is 3. The number of rotatable bonds is 20. The Bertz CT molecular complexity index is 2680. The number of ether oxygens (including phenoxy) is 1. The summed E-state index contributed by atoms with van der Waals surface area (Å²) >= 11 is 0. The lowest BCUT2D eigenvalue weighted by atomic mass is 9.75. The molecule has 2 aromatic carbocycles. The average Bonchev–Trinajstić information content (AvgIpc) is 3.68. The molecule has 2 amide bonds. The molecule has 340 valence electrons. The van der Waals surface area contributed by atoms with E-state index in [1.54, 1.807) is 41.6 Å². The van der Waals surface area contributed by atoms with Crippen LogP contribution < -0.4 is 4.90 Å². The quantitative estimate of drug-likeness (QED) is 0.104. The molecule has 2 unspecified atom stereocenters. The number of carbonyl (C=O) groups is 3. The Balaban J connectivity index is 1.65. The standard InChI is InChI=1S/C38H47N3O17S4/c1-37(17-6-22-59(45,46)47)28-24-26(61(51,52)53)11-13-30(28)39(19-5-10-36(44)58-41-34(42)15-16-35(41)43)32(37)8-4-9-33-38(2,18-7-23-60(48,49)50)29-25-27(62(54,55)56)12-14-31(29)40(33)20-21-57-3/h4,8-9,11-14,24-25H,5-7,10,15-23H2,1-3H3,(H3-,45,46,47,48,49,50,51,52,53,54,55,56)/p-3. The maximum atomic E-state index is 12.8. The van der Waals surface area contributed by atoms with Gasteiger partial charge in [0, 0.05) is 78.9 Å². The molecule has 0 radical (unpaired) electrons. The summed E-state index contributed by atoms with van der Waals surface area (Å²) in [5.41, 5.74) is -0.250. The van der Waals surface area contributed by atoms with Gasteiger partial charge in [-0.15, -0.1) is 5.06 Å². The van der Waals surface area contributed by atoms with E-state index in [4.69, 9.17) is 9.57 Å². The van der Waals surface area contributed by atoms with Crippen LogP contribution in [0.25, 0.3) is 0 Å². The highest BCUT2D eigenvalue weighted by atomic mass is 32.2. The number of benzene rings is 2. The summed E-state index contributed by atoms with van der Waals surface area (Å²) in [4.78, 5) is 42.4. The van der Waals surface area contributed by atoms with Crippen molar-refractivity contribution in [1.29, 1.82) is 0 Å². The zero-order valence-electron chi connectivity index (χ0n) is 33.8. The smallest absolute Gasteiger partial charge is 0.333 e. The van der Waals surface area contributed by atoms with E-state index in [-0.39, 0.29) is 76.6 Å². The van der Waals surface area contributed by atoms with Gasteiger partial charge in [-0.3, -0.25) is 9.59 Å². The van der Waals surface area contributed by atoms with Crippen LogP contribution in [-0.4, -0.2) is 123 Å². The van der Waals surface area contributed by atoms with Crippen LogP contribution in [-0.2, 0) is 75.3 Å². The van der Waals surface area contributed by atoms with Crippen LogP contribution in [0.2, 0.25) is 0 Å². The highest BCUT2D eigenvalue weighted by Crippen LogP contribution is 2.51. The van der Waals surface area contributed by atoms with Crippen molar-refractivity contribution in [2.45, 2.75) is 85.8 Å². The number of amides is 2. The summed E-state index contributed by atoms with van der Waals surface area (Å²) in [6, 6.07) is 7.35. The molecule has 3 aliphatic rings. The predicted molar refractivity (Wildman–Crippen MR) is 214 cm³/mol. The van der Waals surface area contributed by atoms with Crippen molar-refractivity contribution in [2.75, 3.05) is 43.2 Å². The normalized spacial score (nSPS) is 21.4. The van der Waals surface area contributed by atoms with E-state index < -0.39 is 90.4 Å². The van der Waals surface area contributed by atoms with Crippen molar-refractivity contribution in [2.24, 2.45) is 0 Å². The summed E-state index contributed by atoms with van der Waals surface area (Å²) in [6.07, 6.45) is 3.79. The summed E-state index contributed by atoms with van der Waals surface area (Å²) in [7, 11) is -17.9. The lowest BCUT2D eigenvalue weighted by molar-refractivity contribution is -0.438. The van der Waals surface area contributed by atoms with Crippen LogP contribution in [0.5, 0.6) is 0 Å². The second-order valence-corrected chi connectivity index (χ2v) is 21.2. The van der Waals surface area contributed by atoms with E-state index in [0.717, 1.165) is 18.2 Å². The molecule has 0 aromatic heterocycles. The minimum absolute atomic E-state index is 0.00160. The van der Waals surface area contributed by atoms with Crippen LogP contribution in [0.1, 0.15) is 76.3 Å². The largest absolute Gasteiger partial charge is 0.748 e. The average molecular weight is 943 g/mol. The first-order valence-corrected chi connectivity index (χ1v) is 25.1. The van der Waals surface area contributed by atoms with Gasteiger partial charge in [0.05, 0.1) is 48.5 Å². The number of allylic oxidation sites excluding steroid dienone is 4. The molecule has 24 heteroatoms. The summed E-state index contributed by atoms with van der Waals surface area (Å²) < 4.78 is 150. The number of imide groups is 1. The third kappa shape index (κ3) is 11.0. The van der Waals surface area contributed by atoms with Gasteiger partial charge in [0.2, 0.25) is 5.69 Å². The number of anilines is 1. The molecule has 3 heterocycles. The van der Waals surface area contributed by atoms with E-state index in [9.17, 15) is 66.3 Å². The molecule has 0 saturated carbocycles. The number of hydrogen-bond donors (Lipinski definition) is 0. The summed E-state index contributed by atoms with van der Waals surface area (Å²) in [5.74, 6) is -3.80. The Morgan fingerprint density at radius 2 is 1.34 bits per heavy atom. The van der Waals surface area contributed by atoms with Crippen molar-refractivity contribution in [3.05, 3.63) is 71.5 Å². The molecule has 1 fully saturated rings. The van der Waals surface area contributed by atoms with Crippen LogP contribution in [0.4, 0.5) is 11.4 Å². The lowest BCUT2D eigenvalue weighted by Crippen LogP contribution is -2.33. The molecule has 3 aliphatic heterocycles. The van der Waals surface area contributed by atoms with E-state index in [0.29, 0.717) is 33.4 Å².